The second kappa shape index (κ2) is 4.57. The zero-order valence-electron chi connectivity index (χ0n) is 10.5. The van der Waals surface area contributed by atoms with Crippen LogP contribution in [0, 0.1) is 13.8 Å². The Balaban J connectivity index is 3.68. The molecule has 0 aliphatic rings. The van der Waals surface area contributed by atoms with Crippen molar-refractivity contribution in [1.82, 2.24) is 0 Å². The lowest BCUT2D eigenvalue weighted by Gasteiger charge is -2.17. The number of carbonyl (C=O) groups excluding carboxylic acids is 1. The van der Waals surface area contributed by atoms with Crippen LogP contribution in [-0.4, -0.2) is 17.0 Å². The summed E-state index contributed by atoms with van der Waals surface area (Å²) in [6, 6.07) is 1.38. The molecule has 0 spiro atoms. The average molecular weight is 235 g/mol. The van der Waals surface area contributed by atoms with E-state index in [2.05, 4.69) is 0 Å². The molecule has 1 amide bonds. The highest BCUT2D eigenvalue weighted by Crippen LogP contribution is 2.28. The molecule has 92 valence electrons. The van der Waals surface area contributed by atoms with Crippen molar-refractivity contribution in [2.75, 3.05) is 0 Å². The molecule has 3 N–H and O–H groups in total. The number of rotatable bonds is 3. The third kappa shape index (κ3) is 2.30. The maximum atomic E-state index is 11.3. The zero-order chi connectivity index (χ0) is 13.3. The normalized spacial score (nSPS) is 10.6. The largest absolute Gasteiger partial charge is 0.478 e. The van der Waals surface area contributed by atoms with Crippen LogP contribution in [-0.2, 0) is 0 Å². The van der Waals surface area contributed by atoms with Gasteiger partial charge in [-0.05, 0) is 42.5 Å². The van der Waals surface area contributed by atoms with Gasteiger partial charge in [-0.3, -0.25) is 4.79 Å². The summed E-state index contributed by atoms with van der Waals surface area (Å²) in [6.07, 6.45) is 0. The van der Waals surface area contributed by atoms with Crippen molar-refractivity contribution in [3.63, 3.8) is 0 Å². The molecular weight excluding hydrogens is 218 g/mol. The quantitative estimate of drug-likeness (QED) is 0.842. The number of carbonyl (C=O) groups is 2. The maximum Gasteiger partial charge on any atom is 0.336 e. The monoisotopic (exact) mass is 235 g/mol. The van der Waals surface area contributed by atoms with Crippen molar-refractivity contribution in [3.8, 4) is 0 Å². The smallest absolute Gasteiger partial charge is 0.336 e. The van der Waals surface area contributed by atoms with Gasteiger partial charge in [0.25, 0.3) is 0 Å². The summed E-state index contributed by atoms with van der Waals surface area (Å²) in [6.45, 7) is 7.47. The second-order valence-electron chi connectivity index (χ2n) is 4.46. The van der Waals surface area contributed by atoms with Crippen molar-refractivity contribution in [1.29, 1.82) is 0 Å². The molecule has 0 aliphatic carbocycles. The molecule has 1 aromatic carbocycles. The fraction of sp³-hybridized carbons (Fsp3) is 0.385. The number of hydrogen-bond acceptors (Lipinski definition) is 2. The number of benzene rings is 1. The van der Waals surface area contributed by atoms with Crippen LogP contribution in [0.2, 0.25) is 0 Å². The molecule has 0 unspecified atom stereocenters. The van der Waals surface area contributed by atoms with Gasteiger partial charge in [0.1, 0.15) is 0 Å². The fourth-order valence-electron chi connectivity index (χ4n) is 2.11. The third-order valence-corrected chi connectivity index (χ3v) is 3.02. The number of primary amides is 1. The highest BCUT2D eigenvalue weighted by molar-refractivity contribution is 5.99. The van der Waals surface area contributed by atoms with Crippen molar-refractivity contribution in [2.45, 2.75) is 33.6 Å². The SMILES string of the molecule is Cc1c(C(N)=O)cc(C(=O)O)c(C(C)C)c1C. The molecule has 0 heterocycles. The van der Waals surface area contributed by atoms with Crippen LogP contribution in [0.25, 0.3) is 0 Å². The number of aromatic carboxylic acids is 1. The van der Waals surface area contributed by atoms with Crippen molar-refractivity contribution >= 4 is 11.9 Å². The maximum absolute atomic E-state index is 11.3. The van der Waals surface area contributed by atoms with Gasteiger partial charge in [-0.15, -0.1) is 0 Å². The molecule has 0 bridgehead atoms. The fourth-order valence-corrected chi connectivity index (χ4v) is 2.11. The van der Waals surface area contributed by atoms with E-state index in [1.54, 1.807) is 6.92 Å². The predicted molar refractivity (Wildman–Crippen MR) is 65.5 cm³/mol. The number of carboxylic acid groups (broad SMARTS) is 1. The van der Waals surface area contributed by atoms with Crippen molar-refractivity contribution in [2.24, 2.45) is 5.73 Å². The molecule has 1 rings (SSSR count). The van der Waals surface area contributed by atoms with Gasteiger partial charge in [0.05, 0.1) is 5.56 Å². The van der Waals surface area contributed by atoms with E-state index in [-0.39, 0.29) is 17.0 Å². The summed E-state index contributed by atoms with van der Waals surface area (Å²) >= 11 is 0. The van der Waals surface area contributed by atoms with Crippen LogP contribution in [0.15, 0.2) is 6.07 Å². The summed E-state index contributed by atoms with van der Waals surface area (Å²) in [5.41, 5.74) is 8.04. The third-order valence-electron chi connectivity index (χ3n) is 3.02. The van der Waals surface area contributed by atoms with Gasteiger partial charge in [-0.25, -0.2) is 4.79 Å². The number of hydrogen-bond donors (Lipinski definition) is 2. The topological polar surface area (TPSA) is 80.4 Å². The summed E-state index contributed by atoms with van der Waals surface area (Å²) < 4.78 is 0. The first-order valence-corrected chi connectivity index (χ1v) is 5.44. The first-order valence-electron chi connectivity index (χ1n) is 5.44. The lowest BCUT2D eigenvalue weighted by Crippen LogP contribution is -2.17. The van der Waals surface area contributed by atoms with E-state index in [0.29, 0.717) is 0 Å². The molecule has 0 aromatic heterocycles. The van der Waals surface area contributed by atoms with Gasteiger partial charge in [0, 0.05) is 5.56 Å². The summed E-state index contributed by atoms with van der Waals surface area (Å²) in [7, 11) is 0. The van der Waals surface area contributed by atoms with Crippen LogP contribution >= 0.6 is 0 Å². The molecule has 4 nitrogen and oxygen atoms in total. The molecule has 0 saturated heterocycles. The van der Waals surface area contributed by atoms with Crippen LogP contribution in [0.5, 0.6) is 0 Å². The van der Waals surface area contributed by atoms with Gasteiger partial charge in [-0.2, -0.15) is 0 Å². The van der Waals surface area contributed by atoms with Crippen LogP contribution in [0.1, 0.15) is 57.2 Å². The molecule has 0 radical (unpaired) electrons. The number of nitrogens with two attached hydrogens (primary N) is 1. The van der Waals surface area contributed by atoms with E-state index in [9.17, 15) is 14.7 Å². The molecular formula is C13H17NO3. The van der Waals surface area contributed by atoms with E-state index in [1.807, 2.05) is 20.8 Å². The van der Waals surface area contributed by atoms with Crippen LogP contribution < -0.4 is 5.73 Å². The molecule has 17 heavy (non-hydrogen) atoms. The highest BCUT2D eigenvalue weighted by atomic mass is 16.4. The van der Waals surface area contributed by atoms with Crippen LogP contribution in [0.4, 0.5) is 0 Å². The van der Waals surface area contributed by atoms with Gasteiger partial charge < -0.3 is 10.8 Å². The van der Waals surface area contributed by atoms with E-state index in [1.165, 1.54) is 6.07 Å². The second-order valence-corrected chi connectivity index (χ2v) is 4.46. The zero-order valence-corrected chi connectivity index (χ0v) is 10.5. The van der Waals surface area contributed by atoms with Gasteiger partial charge >= 0.3 is 5.97 Å². The lowest BCUT2D eigenvalue weighted by atomic mass is 9.87. The molecule has 4 heteroatoms. The van der Waals surface area contributed by atoms with E-state index in [0.717, 1.165) is 16.7 Å². The Morgan fingerprint density at radius 2 is 1.71 bits per heavy atom. The van der Waals surface area contributed by atoms with Crippen molar-refractivity contribution < 1.29 is 14.7 Å². The first-order chi connectivity index (χ1) is 7.77. The Kier molecular flexibility index (Phi) is 3.56. The van der Waals surface area contributed by atoms with E-state index >= 15 is 0 Å². The standard InChI is InChI=1S/C13H17NO3/c1-6(2)11-8(4)7(3)9(12(14)15)5-10(11)13(16)17/h5-6H,1-4H3,(H2,14,15)(H,16,17). The summed E-state index contributed by atoms with van der Waals surface area (Å²) in [5.74, 6) is -1.54. The Hall–Kier alpha value is -1.84. The molecule has 0 fully saturated rings. The minimum absolute atomic E-state index is 0.0849. The molecule has 0 saturated carbocycles. The van der Waals surface area contributed by atoms with Crippen LogP contribution in [0.3, 0.4) is 0 Å². The minimum Gasteiger partial charge on any atom is -0.478 e. The van der Waals surface area contributed by atoms with E-state index < -0.39 is 11.9 Å². The minimum atomic E-state index is -1.03. The Morgan fingerprint density at radius 1 is 1.18 bits per heavy atom. The lowest BCUT2D eigenvalue weighted by molar-refractivity contribution is 0.0695. The Morgan fingerprint density at radius 3 is 2.06 bits per heavy atom. The summed E-state index contributed by atoms with van der Waals surface area (Å²) in [4.78, 5) is 22.5. The van der Waals surface area contributed by atoms with Gasteiger partial charge in [0.15, 0.2) is 0 Å². The number of amides is 1. The molecule has 1 aromatic rings. The van der Waals surface area contributed by atoms with Crippen molar-refractivity contribution in [3.05, 3.63) is 33.9 Å². The van der Waals surface area contributed by atoms with Gasteiger partial charge in [0.2, 0.25) is 5.91 Å². The number of carboxylic acids is 1. The molecule has 0 aliphatic heterocycles. The Bertz CT molecular complexity index is 490. The molecule has 0 atom stereocenters. The Labute approximate surface area is 100 Å². The summed E-state index contributed by atoms with van der Waals surface area (Å²) in [5, 5.41) is 9.18. The van der Waals surface area contributed by atoms with E-state index in [4.69, 9.17) is 5.73 Å². The highest BCUT2D eigenvalue weighted by Gasteiger charge is 2.20. The average Bonchev–Trinajstić information content (AvgIpc) is 2.19. The predicted octanol–water partition coefficient (Wildman–Crippen LogP) is 2.22. The van der Waals surface area contributed by atoms with Gasteiger partial charge in [-0.1, -0.05) is 13.8 Å². The first kappa shape index (κ1) is 13.2.